The van der Waals surface area contributed by atoms with E-state index in [2.05, 4.69) is 22.9 Å². The predicted molar refractivity (Wildman–Crippen MR) is 71.7 cm³/mol. The zero-order chi connectivity index (χ0) is 11.7. The SMILES string of the molecule is CC1CCC(C(Br)c2cc(Cl)ccc2Cl)O1. The summed E-state index contributed by atoms with van der Waals surface area (Å²) in [6.45, 7) is 2.10. The van der Waals surface area contributed by atoms with E-state index in [-0.39, 0.29) is 10.9 Å². The first-order chi connectivity index (χ1) is 7.58. The third kappa shape index (κ3) is 2.73. The molecule has 1 aliphatic heterocycles. The van der Waals surface area contributed by atoms with Gasteiger partial charge in [0.15, 0.2) is 0 Å². The Hall–Kier alpha value is 0.240. The van der Waals surface area contributed by atoms with Crippen LogP contribution >= 0.6 is 39.1 Å². The van der Waals surface area contributed by atoms with E-state index in [1.54, 1.807) is 6.07 Å². The summed E-state index contributed by atoms with van der Waals surface area (Å²) >= 11 is 15.8. The van der Waals surface area contributed by atoms with E-state index in [0.717, 1.165) is 23.4 Å². The number of benzene rings is 1. The Morgan fingerprint density at radius 1 is 1.38 bits per heavy atom. The standard InChI is InChI=1S/C12H13BrCl2O/c1-7-2-5-11(16-7)12(13)9-6-8(14)3-4-10(9)15/h3-4,6-7,11-12H,2,5H2,1H3. The molecule has 1 nitrogen and oxygen atoms in total. The highest BCUT2D eigenvalue weighted by Gasteiger charge is 2.30. The fourth-order valence-electron chi connectivity index (χ4n) is 1.97. The number of ether oxygens (including phenoxy) is 1. The number of halogens is 3. The van der Waals surface area contributed by atoms with Crippen molar-refractivity contribution in [3.63, 3.8) is 0 Å². The molecule has 1 aliphatic rings. The summed E-state index contributed by atoms with van der Waals surface area (Å²) in [4.78, 5) is 0.114. The molecule has 0 amide bonds. The summed E-state index contributed by atoms with van der Waals surface area (Å²) in [6.07, 6.45) is 2.68. The minimum absolute atomic E-state index is 0.114. The molecule has 1 fully saturated rings. The van der Waals surface area contributed by atoms with Gasteiger partial charge in [-0.05, 0) is 43.5 Å². The van der Waals surface area contributed by atoms with Crippen molar-refractivity contribution in [2.45, 2.75) is 36.8 Å². The van der Waals surface area contributed by atoms with Gasteiger partial charge in [0, 0.05) is 10.0 Å². The van der Waals surface area contributed by atoms with Gasteiger partial charge in [-0.15, -0.1) is 0 Å². The fourth-order valence-corrected chi connectivity index (χ4v) is 3.29. The lowest BCUT2D eigenvalue weighted by Crippen LogP contribution is -2.14. The van der Waals surface area contributed by atoms with Crippen LogP contribution in [0.2, 0.25) is 10.0 Å². The van der Waals surface area contributed by atoms with Crippen LogP contribution in [0.1, 0.15) is 30.2 Å². The van der Waals surface area contributed by atoms with Gasteiger partial charge in [0.25, 0.3) is 0 Å². The third-order valence-electron chi connectivity index (χ3n) is 2.85. The van der Waals surface area contributed by atoms with Crippen LogP contribution in [0.15, 0.2) is 18.2 Å². The first-order valence-corrected chi connectivity index (χ1v) is 6.99. The third-order valence-corrected chi connectivity index (χ3v) is 4.51. The van der Waals surface area contributed by atoms with Crippen LogP contribution in [0, 0.1) is 0 Å². The summed E-state index contributed by atoms with van der Waals surface area (Å²) in [5.74, 6) is 0. The van der Waals surface area contributed by atoms with E-state index in [0.29, 0.717) is 11.1 Å². The molecule has 3 unspecified atom stereocenters. The topological polar surface area (TPSA) is 9.23 Å². The molecule has 1 aromatic carbocycles. The molecule has 3 atom stereocenters. The van der Waals surface area contributed by atoms with Crippen LogP contribution in [-0.4, -0.2) is 12.2 Å². The normalized spacial score (nSPS) is 27.0. The lowest BCUT2D eigenvalue weighted by atomic mass is 10.1. The smallest absolute Gasteiger partial charge is 0.0746 e. The molecule has 1 aromatic rings. The molecule has 0 aliphatic carbocycles. The summed E-state index contributed by atoms with van der Waals surface area (Å²) in [7, 11) is 0. The van der Waals surface area contributed by atoms with Crippen LogP contribution in [0.5, 0.6) is 0 Å². The Morgan fingerprint density at radius 3 is 2.75 bits per heavy atom. The molecule has 4 heteroatoms. The van der Waals surface area contributed by atoms with E-state index < -0.39 is 0 Å². The molecule has 0 aromatic heterocycles. The van der Waals surface area contributed by atoms with Crippen molar-refractivity contribution >= 4 is 39.1 Å². The maximum absolute atomic E-state index is 6.16. The van der Waals surface area contributed by atoms with E-state index in [9.17, 15) is 0 Å². The number of hydrogen-bond donors (Lipinski definition) is 0. The van der Waals surface area contributed by atoms with Crippen molar-refractivity contribution in [1.82, 2.24) is 0 Å². The molecule has 0 N–H and O–H groups in total. The van der Waals surface area contributed by atoms with E-state index in [4.69, 9.17) is 27.9 Å². The Bertz CT molecular complexity index is 383. The molecular weight excluding hydrogens is 311 g/mol. The molecule has 1 heterocycles. The lowest BCUT2D eigenvalue weighted by Gasteiger charge is -2.19. The number of hydrogen-bond acceptors (Lipinski definition) is 1. The summed E-state index contributed by atoms with van der Waals surface area (Å²) in [6, 6.07) is 5.52. The number of alkyl halides is 1. The highest BCUT2D eigenvalue weighted by molar-refractivity contribution is 9.09. The van der Waals surface area contributed by atoms with Gasteiger partial charge in [-0.2, -0.15) is 0 Å². The Kier molecular flexibility index (Phi) is 4.17. The Balaban J connectivity index is 2.20. The first-order valence-electron chi connectivity index (χ1n) is 5.32. The Labute approximate surface area is 114 Å². The molecule has 16 heavy (non-hydrogen) atoms. The highest BCUT2D eigenvalue weighted by atomic mass is 79.9. The largest absolute Gasteiger partial charge is 0.374 e. The summed E-state index contributed by atoms with van der Waals surface area (Å²) in [5, 5.41) is 1.43. The van der Waals surface area contributed by atoms with Crippen molar-refractivity contribution in [2.75, 3.05) is 0 Å². The van der Waals surface area contributed by atoms with Crippen molar-refractivity contribution in [1.29, 1.82) is 0 Å². The molecule has 0 saturated carbocycles. The molecule has 2 rings (SSSR count). The molecule has 88 valence electrons. The van der Waals surface area contributed by atoms with Crippen LogP contribution in [0.3, 0.4) is 0 Å². The zero-order valence-electron chi connectivity index (χ0n) is 8.92. The van der Waals surface area contributed by atoms with Gasteiger partial charge >= 0.3 is 0 Å². The van der Waals surface area contributed by atoms with Crippen LogP contribution in [-0.2, 0) is 4.74 Å². The first kappa shape index (κ1) is 12.7. The zero-order valence-corrected chi connectivity index (χ0v) is 12.0. The molecule has 1 saturated heterocycles. The fraction of sp³-hybridized carbons (Fsp3) is 0.500. The van der Waals surface area contributed by atoms with Gasteiger partial charge in [-0.1, -0.05) is 39.1 Å². The van der Waals surface area contributed by atoms with Gasteiger partial charge in [-0.25, -0.2) is 0 Å². The van der Waals surface area contributed by atoms with E-state index in [1.807, 2.05) is 12.1 Å². The summed E-state index contributed by atoms with van der Waals surface area (Å²) < 4.78 is 5.82. The molecule has 0 spiro atoms. The van der Waals surface area contributed by atoms with Gasteiger partial charge in [0.2, 0.25) is 0 Å². The summed E-state index contributed by atoms with van der Waals surface area (Å²) in [5.41, 5.74) is 1.01. The monoisotopic (exact) mass is 322 g/mol. The maximum atomic E-state index is 6.16. The predicted octanol–water partition coefficient (Wildman–Crippen LogP) is 5.00. The Morgan fingerprint density at radius 2 is 2.12 bits per heavy atom. The van der Waals surface area contributed by atoms with Gasteiger partial charge in [-0.3, -0.25) is 0 Å². The van der Waals surface area contributed by atoms with Gasteiger partial charge < -0.3 is 4.74 Å². The van der Waals surface area contributed by atoms with E-state index >= 15 is 0 Å². The molecule has 0 bridgehead atoms. The quantitative estimate of drug-likeness (QED) is 0.696. The van der Waals surface area contributed by atoms with Gasteiger partial charge in [0.05, 0.1) is 17.0 Å². The van der Waals surface area contributed by atoms with Crippen LogP contribution in [0.25, 0.3) is 0 Å². The molecular formula is C12H13BrCl2O. The second-order valence-corrected chi connectivity index (χ2v) is 5.96. The second-order valence-electron chi connectivity index (χ2n) is 4.13. The minimum atomic E-state index is 0.114. The van der Waals surface area contributed by atoms with Crippen LogP contribution < -0.4 is 0 Å². The maximum Gasteiger partial charge on any atom is 0.0746 e. The van der Waals surface area contributed by atoms with Crippen molar-refractivity contribution < 1.29 is 4.74 Å². The number of rotatable bonds is 2. The second kappa shape index (κ2) is 5.26. The minimum Gasteiger partial charge on any atom is -0.374 e. The van der Waals surface area contributed by atoms with E-state index in [1.165, 1.54) is 0 Å². The van der Waals surface area contributed by atoms with Crippen molar-refractivity contribution in [2.24, 2.45) is 0 Å². The lowest BCUT2D eigenvalue weighted by molar-refractivity contribution is 0.0557. The molecule has 0 radical (unpaired) electrons. The average Bonchev–Trinajstić information content (AvgIpc) is 2.67. The van der Waals surface area contributed by atoms with Gasteiger partial charge in [0.1, 0.15) is 0 Å². The van der Waals surface area contributed by atoms with Crippen molar-refractivity contribution in [3.05, 3.63) is 33.8 Å². The van der Waals surface area contributed by atoms with Crippen LogP contribution in [0.4, 0.5) is 0 Å². The average molecular weight is 324 g/mol. The van der Waals surface area contributed by atoms with Crippen molar-refractivity contribution in [3.8, 4) is 0 Å². The highest BCUT2D eigenvalue weighted by Crippen LogP contribution is 2.39.